The van der Waals surface area contributed by atoms with Crippen LogP contribution in [0.1, 0.15) is 24.3 Å². The predicted molar refractivity (Wildman–Crippen MR) is 106 cm³/mol. The Morgan fingerprint density at radius 1 is 1.03 bits per heavy atom. The molecule has 6 atom stereocenters. The number of benzene rings is 2. The van der Waals surface area contributed by atoms with E-state index in [2.05, 4.69) is 0 Å². The number of aliphatic carboxylic acids is 1. The maximum atomic E-state index is 11.1. The van der Waals surface area contributed by atoms with Crippen LogP contribution in [-0.2, 0) is 35.1 Å². The van der Waals surface area contributed by atoms with Crippen molar-refractivity contribution >= 4 is 5.97 Å². The molecule has 0 radical (unpaired) electrons. The second kappa shape index (κ2) is 9.68. The van der Waals surface area contributed by atoms with Crippen molar-refractivity contribution in [2.45, 2.75) is 44.4 Å². The van der Waals surface area contributed by atoms with E-state index in [0.717, 1.165) is 11.1 Å². The Labute approximate surface area is 175 Å². The Hall–Kier alpha value is -2.29. The third-order valence-electron chi connectivity index (χ3n) is 5.37. The highest BCUT2D eigenvalue weighted by Crippen LogP contribution is 2.38. The van der Waals surface area contributed by atoms with Gasteiger partial charge in [0.15, 0.2) is 12.6 Å². The molecule has 0 spiro atoms. The molecule has 3 unspecified atom stereocenters. The average molecular weight is 414 g/mol. The summed E-state index contributed by atoms with van der Waals surface area (Å²) in [6.45, 7) is 2.20. The van der Waals surface area contributed by atoms with Crippen LogP contribution >= 0.6 is 0 Å². The Balaban J connectivity index is 1.48. The third-order valence-corrected chi connectivity index (χ3v) is 5.37. The molecule has 1 N–H and O–H groups in total. The van der Waals surface area contributed by atoms with Crippen LogP contribution in [0.2, 0.25) is 0 Å². The normalized spacial score (nSPS) is 31.1. The quantitative estimate of drug-likeness (QED) is 0.745. The summed E-state index contributed by atoms with van der Waals surface area (Å²) in [6.07, 6.45) is -2.50. The number of hydrogen-bond donors (Lipinski definition) is 1. The fourth-order valence-corrected chi connectivity index (χ4v) is 3.85. The molecule has 2 aromatic carbocycles. The van der Waals surface area contributed by atoms with E-state index < -0.39 is 43.5 Å². The highest BCUT2D eigenvalue weighted by molar-refractivity contribution is 5.68. The third kappa shape index (κ3) is 4.88. The summed E-state index contributed by atoms with van der Waals surface area (Å²) in [5, 5.41) is 9.12. The molecule has 2 aliphatic rings. The fourth-order valence-electron chi connectivity index (χ4n) is 3.85. The zero-order valence-electron chi connectivity index (χ0n) is 16.8. The molecule has 7 heteroatoms. The van der Waals surface area contributed by atoms with Crippen LogP contribution in [0.4, 0.5) is 0 Å². The first-order valence-corrected chi connectivity index (χ1v) is 10.1. The van der Waals surface area contributed by atoms with Gasteiger partial charge in [0.25, 0.3) is 0 Å². The van der Waals surface area contributed by atoms with E-state index >= 15 is 0 Å². The molecule has 2 aromatic rings. The molecule has 0 bridgehead atoms. The molecule has 2 fully saturated rings. The van der Waals surface area contributed by atoms with Crippen LogP contribution in [0.15, 0.2) is 60.7 Å². The second-order valence-electron chi connectivity index (χ2n) is 7.54. The van der Waals surface area contributed by atoms with Crippen molar-refractivity contribution in [2.75, 3.05) is 13.2 Å². The van der Waals surface area contributed by atoms with Gasteiger partial charge in [0.05, 0.1) is 19.3 Å². The van der Waals surface area contributed by atoms with E-state index in [1.54, 1.807) is 0 Å². The first kappa shape index (κ1) is 21.0. The smallest absolute Gasteiger partial charge is 0.329 e. The van der Waals surface area contributed by atoms with E-state index in [1.807, 2.05) is 67.6 Å². The van der Waals surface area contributed by atoms with E-state index in [1.165, 1.54) is 0 Å². The minimum Gasteiger partial charge on any atom is -0.480 e. The van der Waals surface area contributed by atoms with Gasteiger partial charge in [-0.1, -0.05) is 67.6 Å². The molecular formula is C23H26O7. The highest BCUT2D eigenvalue weighted by Gasteiger charge is 2.49. The van der Waals surface area contributed by atoms with Gasteiger partial charge in [0.1, 0.15) is 18.8 Å². The van der Waals surface area contributed by atoms with E-state index in [-0.39, 0.29) is 5.92 Å². The van der Waals surface area contributed by atoms with Crippen molar-refractivity contribution in [1.82, 2.24) is 0 Å². The van der Waals surface area contributed by atoms with Crippen LogP contribution in [0.25, 0.3) is 0 Å². The highest BCUT2D eigenvalue weighted by atomic mass is 16.7. The van der Waals surface area contributed by atoms with Gasteiger partial charge in [-0.15, -0.1) is 0 Å². The predicted octanol–water partition coefficient (Wildman–Crippen LogP) is 3.15. The van der Waals surface area contributed by atoms with Crippen molar-refractivity contribution in [1.29, 1.82) is 0 Å². The molecular weight excluding hydrogens is 388 g/mol. The maximum Gasteiger partial charge on any atom is 0.329 e. The summed E-state index contributed by atoms with van der Waals surface area (Å²) in [4.78, 5) is 11.1. The monoisotopic (exact) mass is 414 g/mol. The molecule has 2 saturated heterocycles. The van der Waals surface area contributed by atoms with Gasteiger partial charge in [0.2, 0.25) is 0 Å². The summed E-state index contributed by atoms with van der Waals surface area (Å²) < 4.78 is 30.0. The first-order chi connectivity index (χ1) is 14.6. The Morgan fingerprint density at radius 2 is 1.73 bits per heavy atom. The lowest BCUT2D eigenvalue weighted by atomic mass is 9.91. The minimum atomic E-state index is -1.03. The Bertz CT molecular complexity index is 813. The minimum absolute atomic E-state index is 0.233. The Morgan fingerprint density at radius 3 is 2.43 bits per heavy atom. The van der Waals surface area contributed by atoms with Crippen LogP contribution in [0.3, 0.4) is 0 Å². The number of ether oxygens (including phenoxy) is 5. The van der Waals surface area contributed by atoms with E-state index in [4.69, 9.17) is 28.8 Å². The van der Waals surface area contributed by atoms with Crippen LogP contribution in [0, 0.1) is 5.92 Å². The summed E-state index contributed by atoms with van der Waals surface area (Å²) in [5.74, 6) is -1.26. The molecule has 30 heavy (non-hydrogen) atoms. The van der Waals surface area contributed by atoms with Gasteiger partial charge in [-0.25, -0.2) is 4.79 Å². The van der Waals surface area contributed by atoms with Gasteiger partial charge in [0, 0.05) is 11.5 Å². The van der Waals surface area contributed by atoms with Gasteiger partial charge >= 0.3 is 5.97 Å². The lowest BCUT2D eigenvalue weighted by Crippen LogP contribution is -2.60. The lowest BCUT2D eigenvalue weighted by Gasteiger charge is -2.48. The van der Waals surface area contributed by atoms with Crippen LogP contribution in [-0.4, -0.2) is 48.9 Å². The maximum absolute atomic E-state index is 11.1. The van der Waals surface area contributed by atoms with Crippen molar-refractivity contribution < 1.29 is 33.6 Å². The van der Waals surface area contributed by atoms with Crippen molar-refractivity contribution in [3.05, 3.63) is 71.8 Å². The van der Waals surface area contributed by atoms with E-state index in [0.29, 0.717) is 13.2 Å². The second-order valence-corrected chi connectivity index (χ2v) is 7.54. The summed E-state index contributed by atoms with van der Waals surface area (Å²) >= 11 is 0. The number of carboxylic acid groups (broad SMARTS) is 1. The number of carbonyl (C=O) groups is 1. The molecule has 0 aliphatic carbocycles. The number of fused-ring (bicyclic) bond motifs is 1. The standard InChI is InChI=1S/C23H26O7/c1-15-20(26-14-19(24)25)21-18(13-28-23(30-21)17-10-6-3-7-11-17)29-22(15)27-12-16-8-4-2-5-9-16/h2-11,15,18,20-23H,12-14H2,1H3,(H,24,25)/t15-,18?,20?,21+,22-,23?/m0/s1. The molecule has 0 saturated carbocycles. The Kier molecular flexibility index (Phi) is 6.76. The summed E-state index contributed by atoms with van der Waals surface area (Å²) in [7, 11) is 0. The summed E-state index contributed by atoms with van der Waals surface area (Å²) in [5.41, 5.74) is 1.92. The molecule has 4 rings (SSSR count). The number of hydrogen-bond acceptors (Lipinski definition) is 6. The van der Waals surface area contributed by atoms with E-state index in [9.17, 15) is 4.79 Å². The topological polar surface area (TPSA) is 83.5 Å². The molecule has 160 valence electrons. The molecule has 2 heterocycles. The molecule has 7 nitrogen and oxygen atoms in total. The van der Waals surface area contributed by atoms with Crippen LogP contribution < -0.4 is 0 Å². The SMILES string of the molecule is C[C@H]1C(OCC(=O)O)[C@@H]2OC(c3ccccc3)OCC2O[C@@H]1OCc1ccccc1. The van der Waals surface area contributed by atoms with Gasteiger partial charge in [-0.05, 0) is 5.56 Å². The first-order valence-electron chi connectivity index (χ1n) is 10.1. The number of carboxylic acids is 1. The molecule has 2 aliphatic heterocycles. The van der Waals surface area contributed by atoms with Gasteiger partial charge in [-0.3, -0.25) is 0 Å². The fraction of sp³-hybridized carbons (Fsp3) is 0.435. The zero-order valence-corrected chi connectivity index (χ0v) is 16.8. The zero-order chi connectivity index (χ0) is 20.9. The van der Waals surface area contributed by atoms with Crippen LogP contribution in [0.5, 0.6) is 0 Å². The molecule has 0 amide bonds. The van der Waals surface area contributed by atoms with Crippen molar-refractivity contribution in [2.24, 2.45) is 5.92 Å². The molecule has 0 aromatic heterocycles. The number of rotatable bonds is 7. The van der Waals surface area contributed by atoms with Gasteiger partial charge in [-0.2, -0.15) is 0 Å². The van der Waals surface area contributed by atoms with Crippen molar-refractivity contribution in [3.63, 3.8) is 0 Å². The largest absolute Gasteiger partial charge is 0.480 e. The van der Waals surface area contributed by atoms with Gasteiger partial charge < -0.3 is 28.8 Å². The average Bonchev–Trinajstić information content (AvgIpc) is 2.78. The summed E-state index contributed by atoms with van der Waals surface area (Å²) in [6, 6.07) is 19.4. The van der Waals surface area contributed by atoms with Crippen molar-refractivity contribution in [3.8, 4) is 0 Å². The lowest BCUT2D eigenvalue weighted by molar-refractivity contribution is -0.357.